The Balaban J connectivity index is 2.05. The second-order valence-electron chi connectivity index (χ2n) is 4.13. The Bertz CT molecular complexity index is 594. The summed E-state index contributed by atoms with van der Waals surface area (Å²) < 4.78 is 18.4. The SMILES string of the molecule is Cc1ccc(F)cc1C(=O)COc1ccc(Cl)cc1. The van der Waals surface area contributed by atoms with Gasteiger partial charge in [-0.2, -0.15) is 0 Å². The van der Waals surface area contributed by atoms with Gasteiger partial charge in [0.25, 0.3) is 0 Å². The lowest BCUT2D eigenvalue weighted by Crippen LogP contribution is -2.13. The molecular weight excluding hydrogens is 267 g/mol. The van der Waals surface area contributed by atoms with Gasteiger partial charge in [-0.15, -0.1) is 0 Å². The van der Waals surface area contributed by atoms with E-state index >= 15 is 0 Å². The molecule has 0 saturated heterocycles. The number of ether oxygens (including phenoxy) is 1. The minimum absolute atomic E-state index is 0.133. The molecule has 0 amide bonds. The molecule has 98 valence electrons. The number of Topliss-reactive ketones (excluding diaryl/α,β-unsaturated/α-hetero) is 1. The summed E-state index contributed by atoms with van der Waals surface area (Å²) in [7, 11) is 0. The van der Waals surface area contributed by atoms with Gasteiger partial charge in [-0.25, -0.2) is 4.39 Å². The first-order valence-electron chi connectivity index (χ1n) is 5.74. The normalized spacial score (nSPS) is 10.3. The van der Waals surface area contributed by atoms with E-state index < -0.39 is 5.82 Å². The van der Waals surface area contributed by atoms with Crippen LogP contribution in [0.15, 0.2) is 42.5 Å². The van der Waals surface area contributed by atoms with Crippen LogP contribution in [0.1, 0.15) is 15.9 Å². The van der Waals surface area contributed by atoms with Gasteiger partial charge in [0.05, 0.1) is 0 Å². The smallest absolute Gasteiger partial charge is 0.200 e. The monoisotopic (exact) mass is 278 g/mol. The van der Waals surface area contributed by atoms with Gasteiger partial charge in [-0.3, -0.25) is 4.79 Å². The summed E-state index contributed by atoms with van der Waals surface area (Å²) in [6.07, 6.45) is 0. The summed E-state index contributed by atoms with van der Waals surface area (Å²) >= 11 is 5.74. The van der Waals surface area contributed by atoms with E-state index in [0.29, 0.717) is 16.3 Å². The lowest BCUT2D eigenvalue weighted by atomic mass is 10.1. The van der Waals surface area contributed by atoms with Gasteiger partial charge in [-0.1, -0.05) is 17.7 Å². The maximum absolute atomic E-state index is 13.1. The molecule has 0 fully saturated rings. The molecule has 0 saturated carbocycles. The van der Waals surface area contributed by atoms with Gasteiger partial charge in [-0.05, 0) is 48.9 Å². The largest absolute Gasteiger partial charge is 0.485 e. The van der Waals surface area contributed by atoms with E-state index in [-0.39, 0.29) is 12.4 Å². The first kappa shape index (κ1) is 13.6. The molecule has 0 N–H and O–H groups in total. The van der Waals surface area contributed by atoms with Crippen LogP contribution in [0.4, 0.5) is 4.39 Å². The molecule has 4 heteroatoms. The number of halogens is 2. The van der Waals surface area contributed by atoms with Gasteiger partial charge in [0.1, 0.15) is 11.6 Å². The van der Waals surface area contributed by atoms with Crippen LogP contribution in [0.25, 0.3) is 0 Å². The summed E-state index contributed by atoms with van der Waals surface area (Å²) in [6.45, 7) is 1.63. The van der Waals surface area contributed by atoms with Crippen molar-refractivity contribution in [3.05, 3.63) is 64.4 Å². The second-order valence-corrected chi connectivity index (χ2v) is 4.56. The highest BCUT2D eigenvalue weighted by Crippen LogP contribution is 2.16. The molecule has 0 unspecified atom stereocenters. The van der Waals surface area contributed by atoms with Crippen LogP contribution in [-0.2, 0) is 0 Å². The van der Waals surface area contributed by atoms with E-state index in [1.54, 1.807) is 37.3 Å². The predicted molar refractivity (Wildman–Crippen MR) is 72.4 cm³/mol. The number of aryl methyl sites for hydroxylation is 1. The molecule has 0 spiro atoms. The predicted octanol–water partition coefficient (Wildman–Crippen LogP) is 4.05. The number of ketones is 1. The number of hydrogen-bond donors (Lipinski definition) is 0. The fraction of sp³-hybridized carbons (Fsp3) is 0.133. The Kier molecular flexibility index (Phi) is 4.17. The van der Waals surface area contributed by atoms with Crippen LogP contribution in [0.2, 0.25) is 5.02 Å². The zero-order valence-electron chi connectivity index (χ0n) is 10.3. The Labute approximate surface area is 115 Å². The van der Waals surface area contributed by atoms with Crippen molar-refractivity contribution in [1.29, 1.82) is 0 Å². The topological polar surface area (TPSA) is 26.3 Å². The minimum atomic E-state index is -0.430. The van der Waals surface area contributed by atoms with E-state index in [4.69, 9.17) is 16.3 Å². The van der Waals surface area contributed by atoms with Crippen molar-refractivity contribution in [3.63, 3.8) is 0 Å². The average Bonchev–Trinajstić information content (AvgIpc) is 2.40. The van der Waals surface area contributed by atoms with Crippen LogP contribution in [0.3, 0.4) is 0 Å². The number of hydrogen-bond acceptors (Lipinski definition) is 2. The van der Waals surface area contributed by atoms with Crippen LogP contribution in [0, 0.1) is 12.7 Å². The molecule has 0 aromatic heterocycles. The van der Waals surface area contributed by atoms with Crippen molar-refractivity contribution in [2.75, 3.05) is 6.61 Å². The van der Waals surface area contributed by atoms with Crippen LogP contribution in [0.5, 0.6) is 5.75 Å². The van der Waals surface area contributed by atoms with E-state index in [2.05, 4.69) is 0 Å². The van der Waals surface area contributed by atoms with Crippen molar-refractivity contribution >= 4 is 17.4 Å². The van der Waals surface area contributed by atoms with Gasteiger partial charge in [0.15, 0.2) is 6.61 Å². The average molecular weight is 279 g/mol. The molecule has 0 radical (unpaired) electrons. The molecule has 2 aromatic carbocycles. The summed E-state index contributed by atoms with van der Waals surface area (Å²) in [6, 6.07) is 10.8. The number of carbonyl (C=O) groups is 1. The maximum atomic E-state index is 13.1. The maximum Gasteiger partial charge on any atom is 0.200 e. The van der Waals surface area contributed by atoms with E-state index in [9.17, 15) is 9.18 Å². The Morgan fingerprint density at radius 3 is 2.58 bits per heavy atom. The van der Waals surface area contributed by atoms with Crippen molar-refractivity contribution in [3.8, 4) is 5.75 Å². The zero-order chi connectivity index (χ0) is 13.8. The third-order valence-electron chi connectivity index (χ3n) is 2.68. The van der Waals surface area contributed by atoms with E-state index in [0.717, 1.165) is 5.56 Å². The number of carbonyl (C=O) groups excluding carboxylic acids is 1. The highest BCUT2D eigenvalue weighted by molar-refractivity contribution is 6.30. The molecule has 19 heavy (non-hydrogen) atoms. The third kappa shape index (κ3) is 3.55. The van der Waals surface area contributed by atoms with Gasteiger partial charge in [0.2, 0.25) is 5.78 Å². The first-order chi connectivity index (χ1) is 9.06. The molecule has 2 nitrogen and oxygen atoms in total. The van der Waals surface area contributed by atoms with Gasteiger partial charge < -0.3 is 4.74 Å². The molecule has 2 rings (SSSR count). The minimum Gasteiger partial charge on any atom is -0.485 e. The van der Waals surface area contributed by atoms with Crippen LogP contribution < -0.4 is 4.74 Å². The summed E-state index contributed by atoms with van der Waals surface area (Å²) in [4.78, 5) is 11.9. The van der Waals surface area contributed by atoms with E-state index in [1.165, 1.54) is 12.1 Å². The van der Waals surface area contributed by atoms with Crippen LogP contribution >= 0.6 is 11.6 Å². The van der Waals surface area contributed by atoms with Crippen molar-refractivity contribution < 1.29 is 13.9 Å². The fourth-order valence-corrected chi connectivity index (χ4v) is 1.78. The Morgan fingerprint density at radius 2 is 1.89 bits per heavy atom. The Hall–Kier alpha value is -1.87. The quantitative estimate of drug-likeness (QED) is 0.789. The number of rotatable bonds is 4. The zero-order valence-corrected chi connectivity index (χ0v) is 11.1. The number of benzene rings is 2. The molecular formula is C15H12ClFO2. The van der Waals surface area contributed by atoms with Gasteiger partial charge >= 0.3 is 0 Å². The molecule has 0 aliphatic rings. The molecule has 0 aliphatic carbocycles. The van der Waals surface area contributed by atoms with E-state index in [1.807, 2.05) is 0 Å². The first-order valence-corrected chi connectivity index (χ1v) is 6.12. The molecule has 0 atom stereocenters. The summed E-state index contributed by atoms with van der Waals surface area (Å²) in [5.74, 6) is -0.140. The molecule has 0 bridgehead atoms. The van der Waals surface area contributed by atoms with Crippen molar-refractivity contribution in [1.82, 2.24) is 0 Å². The standard InChI is InChI=1S/C15H12ClFO2/c1-10-2-5-12(17)8-14(10)15(18)9-19-13-6-3-11(16)4-7-13/h2-8H,9H2,1H3. The molecule has 2 aromatic rings. The van der Waals surface area contributed by atoms with Crippen molar-refractivity contribution in [2.45, 2.75) is 6.92 Å². The van der Waals surface area contributed by atoms with Crippen molar-refractivity contribution in [2.24, 2.45) is 0 Å². The summed E-state index contributed by atoms with van der Waals surface area (Å²) in [5.41, 5.74) is 1.07. The second kappa shape index (κ2) is 5.85. The summed E-state index contributed by atoms with van der Waals surface area (Å²) in [5, 5.41) is 0.597. The van der Waals surface area contributed by atoms with Gasteiger partial charge in [0, 0.05) is 10.6 Å². The van der Waals surface area contributed by atoms with Crippen LogP contribution in [-0.4, -0.2) is 12.4 Å². The fourth-order valence-electron chi connectivity index (χ4n) is 1.65. The third-order valence-corrected chi connectivity index (χ3v) is 2.94. The highest BCUT2D eigenvalue weighted by Gasteiger charge is 2.11. The molecule has 0 aliphatic heterocycles. The lowest BCUT2D eigenvalue weighted by molar-refractivity contribution is 0.0920. The highest BCUT2D eigenvalue weighted by atomic mass is 35.5. The molecule has 0 heterocycles. The Morgan fingerprint density at radius 1 is 1.21 bits per heavy atom. The lowest BCUT2D eigenvalue weighted by Gasteiger charge is -2.07.